The number of hydrazone groups is 1. The number of aromatic nitrogens is 4. The van der Waals surface area contributed by atoms with Crippen LogP contribution in [-0.2, 0) is 25.3 Å². The number of carbonyl (C=O) groups is 6. The average molecular weight is 1000 g/mol. The van der Waals surface area contributed by atoms with Crippen LogP contribution in [0.4, 0.5) is 51.5 Å². The fraction of sp³-hybridized carbons (Fsp3) is 0.365. The van der Waals surface area contributed by atoms with Gasteiger partial charge in [-0.05, 0) is 147 Å². The third-order valence-electron chi connectivity index (χ3n) is 11.7. The summed E-state index contributed by atoms with van der Waals surface area (Å²) in [6, 6.07) is 22.5. The van der Waals surface area contributed by atoms with Gasteiger partial charge >= 0.3 is 36.4 Å². The zero-order chi connectivity index (χ0) is 53.7. The highest BCUT2D eigenvalue weighted by Gasteiger charge is 2.36. The van der Waals surface area contributed by atoms with Crippen molar-refractivity contribution in [3.63, 3.8) is 0 Å². The maximum absolute atomic E-state index is 13.7. The molecule has 21 nitrogen and oxygen atoms in total. The van der Waals surface area contributed by atoms with Crippen LogP contribution in [0.3, 0.4) is 0 Å². The lowest BCUT2D eigenvalue weighted by Crippen LogP contribution is -2.46. The van der Waals surface area contributed by atoms with Crippen LogP contribution in [0.15, 0.2) is 103 Å². The minimum absolute atomic E-state index is 0.200. The number of aryl methyl sites for hydroxylation is 4. The van der Waals surface area contributed by atoms with Crippen LogP contribution in [0.25, 0.3) is 0 Å². The van der Waals surface area contributed by atoms with E-state index < -0.39 is 52.9 Å². The van der Waals surface area contributed by atoms with Gasteiger partial charge in [-0.3, -0.25) is 5.32 Å². The first-order chi connectivity index (χ1) is 34.4. The fourth-order valence-electron chi connectivity index (χ4n) is 7.31. The molecule has 2 aromatic heterocycles. The Morgan fingerprint density at radius 3 is 1.44 bits per heavy atom. The van der Waals surface area contributed by atoms with Crippen LogP contribution in [-0.4, -0.2) is 93.0 Å². The fourth-order valence-corrected chi connectivity index (χ4v) is 7.31. The van der Waals surface area contributed by atoms with Gasteiger partial charge in [-0.1, -0.05) is 43.8 Å². The van der Waals surface area contributed by atoms with E-state index in [1.54, 1.807) is 161 Å². The Labute approximate surface area is 425 Å². The lowest BCUT2D eigenvalue weighted by atomic mass is 9.88. The topological polar surface area (TPSA) is 254 Å². The molecule has 0 saturated heterocycles. The average Bonchev–Trinajstić information content (AvgIpc) is 3.87. The second kappa shape index (κ2) is 24.1. The van der Waals surface area contributed by atoms with Gasteiger partial charge < -0.3 is 40.8 Å². The van der Waals surface area contributed by atoms with E-state index in [-0.39, 0.29) is 26.2 Å². The minimum atomic E-state index is -1.27. The first-order valence-electron chi connectivity index (χ1n) is 23.6. The van der Waals surface area contributed by atoms with Crippen LogP contribution >= 0.6 is 0 Å². The van der Waals surface area contributed by atoms with E-state index in [0.29, 0.717) is 68.9 Å². The molecule has 5 rings (SSSR count). The number of hydrogen-bond acceptors (Lipinski definition) is 12. The molecule has 1 unspecified atom stereocenters. The van der Waals surface area contributed by atoms with Crippen LogP contribution in [0.1, 0.15) is 88.8 Å². The van der Waals surface area contributed by atoms with E-state index in [4.69, 9.17) is 14.2 Å². The highest BCUT2D eigenvalue weighted by molar-refractivity contribution is 5.95. The zero-order valence-electron chi connectivity index (χ0n) is 43.3. The summed E-state index contributed by atoms with van der Waals surface area (Å²) < 4.78 is 19.9. The summed E-state index contributed by atoms with van der Waals surface area (Å²) in [6.07, 6.45) is -0.795. The quantitative estimate of drug-likeness (QED) is 0.0273. The maximum Gasteiger partial charge on any atom is 0.411 e. The van der Waals surface area contributed by atoms with Gasteiger partial charge in [0.1, 0.15) is 19.8 Å². The lowest BCUT2D eigenvalue weighted by molar-refractivity contribution is -0.0174. The summed E-state index contributed by atoms with van der Waals surface area (Å²) in [6.45, 7) is 22.3. The number of amides is 7. The zero-order valence-corrected chi connectivity index (χ0v) is 43.3. The molecule has 7 amide bonds. The summed E-state index contributed by atoms with van der Waals surface area (Å²) >= 11 is 0. The number of rotatable bonds is 18. The molecule has 21 heteroatoms. The van der Waals surface area contributed by atoms with E-state index in [9.17, 15) is 28.8 Å². The number of carbonyl (C=O) groups excluding carboxylic acids is 6. The van der Waals surface area contributed by atoms with E-state index in [0.717, 1.165) is 0 Å². The van der Waals surface area contributed by atoms with Crippen LogP contribution in [0, 0.1) is 33.1 Å². The predicted molar refractivity (Wildman–Crippen MR) is 279 cm³/mol. The number of anilines is 4. The summed E-state index contributed by atoms with van der Waals surface area (Å²) in [7, 11) is 0. The molecule has 0 aliphatic heterocycles. The van der Waals surface area contributed by atoms with Gasteiger partial charge in [0.2, 0.25) is 0 Å². The van der Waals surface area contributed by atoms with Crippen molar-refractivity contribution in [3.05, 3.63) is 131 Å². The number of nitrogens with one attached hydrogen (secondary N) is 6. The SMILES string of the molecule is C=C/C(C)=N\N(CC)C(=O)Nc1cccc(C(C)(C)NC(=O)OCC(CC)(COC(=O)Nc2cccc(NC(=O)n3nc(C)cc3C)c2)COC(=O)NC(C)(C)c2cccc(NC(=O)n3nc(C)cc3C)c2)c1. The lowest BCUT2D eigenvalue weighted by Gasteiger charge is -2.33. The number of ether oxygens (including phenoxy) is 3. The van der Waals surface area contributed by atoms with Crippen LogP contribution < -0.4 is 31.9 Å². The molecule has 0 aliphatic carbocycles. The van der Waals surface area contributed by atoms with Crippen molar-refractivity contribution >= 4 is 64.8 Å². The van der Waals surface area contributed by atoms with Gasteiger partial charge in [-0.2, -0.15) is 24.7 Å². The van der Waals surface area contributed by atoms with Crippen molar-refractivity contribution in [2.24, 2.45) is 10.5 Å². The molecule has 0 fully saturated rings. The van der Waals surface area contributed by atoms with E-state index >= 15 is 0 Å². The molecule has 0 aliphatic rings. The van der Waals surface area contributed by atoms with Crippen molar-refractivity contribution in [1.29, 1.82) is 0 Å². The highest BCUT2D eigenvalue weighted by atomic mass is 16.6. The van der Waals surface area contributed by atoms with E-state index in [1.807, 2.05) is 0 Å². The first-order valence-corrected chi connectivity index (χ1v) is 23.6. The highest BCUT2D eigenvalue weighted by Crippen LogP contribution is 2.29. The Balaban J connectivity index is 1.29. The van der Waals surface area contributed by atoms with Gasteiger partial charge in [-0.25, -0.2) is 33.8 Å². The van der Waals surface area contributed by atoms with Crippen molar-refractivity contribution in [3.8, 4) is 0 Å². The molecule has 0 bridgehead atoms. The third kappa shape index (κ3) is 15.5. The largest absolute Gasteiger partial charge is 0.449 e. The summed E-state index contributed by atoms with van der Waals surface area (Å²) in [5, 5.41) is 30.8. The molecule has 5 aromatic rings. The molecule has 388 valence electrons. The van der Waals surface area contributed by atoms with Crippen molar-refractivity contribution < 1.29 is 43.0 Å². The molecule has 73 heavy (non-hydrogen) atoms. The summed E-state index contributed by atoms with van der Waals surface area (Å²) in [5.74, 6) is 0. The van der Waals surface area contributed by atoms with Gasteiger partial charge in [0.15, 0.2) is 0 Å². The number of allylic oxidation sites excluding steroid dienone is 1. The second-order valence-corrected chi connectivity index (χ2v) is 18.6. The summed E-state index contributed by atoms with van der Waals surface area (Å²) in [4.78, 5) is 79.7. The van der Waals surface area contributed by atoms with Crippen LogP contribution in [0.2, 0.25) is 0 Å². The Morgan fingerprint density at radius 2 is 1.03 bits per heavy atom. The first kappa shape index (κ1) is 55.4. The van der Waals surface area contributed by atoms with Gasteiger partial charge in [-0.15, -0.1) is 0 Å². The van der Waals surface area contributed by atoms with Crippen molar-refractivity contribution in [1.82, 2.24) is 35.2 Å². The molecule has 1 atom stereocenters. The summed E-state index contributed by atoms with van der Waals surface area (Å²) in [5.41, 5.74) is 2.78. The molecule has 0 spiro atoms. The van der Waals surface area contributed by atoms with Crippen molar-refractivity contribution in [2.45, 2.75) is 93.7 Å². The molecule has 0 radical (unpaired) electrons. The number of hydrogen-bond donors (Lipinski definition) is 6. The van der Waals surface area contributed by atoms with Crippen molar-refractivity contribution in [2.75, 3.05) is 47.6 Å². The molecule has 3 aromatic carbocycles. The standard InChI is InChI=1S/C52H66N12O9/c1-13-33(4)59-62(15-3)44(65)53-40-21-16-19-38(27-40)50(9,10)57-48(69)72-31-52(14-2,30-71-47(68)56-43-24-18-23-42(29-43)55-46(67)64-37(8)26-35(6)61-64)32-73-49(70)58-51(11,12)39-20-17-22-41(28-39)54-45(66)63-36(7)25-34(5)60-63/h13,16-29H,1,14-15,30-32H2,2-12H3,(H,53,65)(H,54,66)(H,55,67)(H,56,68)(H,57,69)(H,58,70)/b59-33-. The van der Waals surface area contributed by atoms with Gasteiger partial charge in [0.25, 0.3) is 0 Å². The molecule has 2 heterocycles. The number of benzene rings is 3. The second-order valence-electron chi connectivity index (χ2n) is 18.6. The van der Waals surface area contributed by atoms with E-state index in [1.165, 1.54) is 20.4 Å². The monoisotopic (exact) mass is 1000 g/mol. The Kier molecular flexibility index (Phi) is 18.3. The Hall–Kier alpha value is -8.49. The van der Waals surface area contributed by atoms with E-state index in [2.05, 4.69) is 53.8 Å². The normalized spacial score (nSPS) is 12.3. The molecule has 6 N–H and O–H groups in total. The predicted octanol–water partition coefficient (Wildman–Crippen LogP) is 10.2. The Morgan fingerprint density at radius 1 is 0.616 bits per heavy atom. The molecule has 0 saturated carbocycles. The molecular formula is C52H66N12O9. The third-order valence-corrected chi connectivity index (χ3v) is 11.7. The van der Waals surface area contributed by atoms with Crippen LogP contribution in [0.5, 0.6) is 0 Å². The number of urea groups is 1. The Bertz CT molecular complexity index is 2870. The maximum atomic E-state index is 13.7. The smallest absolute Gasteiger partial charge is 0.411 e. The molecular weight excluding hydrogens is 937 g/mol. The van der Waals surface area contributed by atoms with Gasteiger partial charge in [0.05, 0.1) is 33.6 Å². The minimum Gasteiger partial charge on any atom is -0.449 e. The number of nitrogens with zero attached hydrogens (tertiary/aromatic N) is 6. The number of alkyl carbamates (subject to hydrolysis) is 2. The van der Waals surface area contributed by atoms with Gasteiger partial charge in [0, 0.05) is 40.7 Å².